The number of carbonyl (C=O) groups excluding carboxylic acids is 3. The number of nitrogens with zero attached hydrogens (tertiary/aromatic N) is 2. The van der Waals surface area contributed by atoms with Gasteiger partial charge >= 0.3 is 5.97 Å². The largest absolute Gasteiger partial charge is 0.465 e. The summed E-state index contributed by atoms with van der Waals surface area (Å²) < 4.78 is 3.91. The highest BCUT2D eigenvalue weighted by Gasteiger charge is 2.74. The van der Waals surface area contributed by atoms with E-state index >= 15 is 0 Å². The number of rotatable bonds is 3. The molecule has 4 heterocycles. The van der Waals surface area contributed by atoms with Crippen LogP contribution in [-0.4, -0.2) is 69.1 Å². The number of ether oxygens (including phenoxy) is 1. The van der Waals surface area contributed by atoms with E-state index in [1.165, 1.54) is 16.7 Å². The van der Waals surface area contributed by atoms with Crippen molar-refractivity contribution in [2.75, 3.05) is 24.7 Å². The van der Waals surface area contributed by atoms with Crippen LogP contribution in [0.3, 0.4) is 0 Å². The molecule has 186 valence electrons. The Bertz CT molecular complexity index is 1130. The summed E-state index contributed by atoms with van der Waals surface area (Å²) in [5, 5.41) is 10.1. The van der Waals surface area contributed by atoms with Crippen molar-refractivity contribution in [1.82, 2.24) is 4.90 Å². The number of likely N-dealkylation sites (tertiary alicyclic amines) is 1. The average molecular weight is 497 g/mol. The van der Waals surface area contributed by atoms with Crippen LogP contribution in [0.1, 0.15) is 31.4 Å². The van der Waals surface area contributed by atoms with Gasteiger partial charge in [0.2, 0.25) is 5.91 Å². The van der Waals surface area contributed by atoms with Crippen LogP contribution in [-0.2, 0) is 19.1 Å². The van der Waals surface area contributed by atoms with Gasteiger partial charge in [-0.2, -0.15) is 0 Å². The zero-order chi connectivity index (χ0) is 25.1. The Morgan fingerprint density at radius 1 is 1.11 bits per heavy atom. The van der Waals surface area contributed by atoms with Gasteiger partial charge in [-0.25, -0.2) is 0 Å². The maximum Gasteiger partial charge on any atom is 0.311 e. The number of anilines is 1. The molecule has 5 rings (SSSR count). The Kier molecular flexibility index (Phi) is 5.87. The van der Waals surface area contributed by atoms with Crippen LogP contribution in [0.2, 0.25) is 0 Å². The Hall–Kier alpha value is -2.58. The van der Waals surface area contributed by atoms with Gasteiger partial charge in [-0.15, -0.1) is 11.8 Å². The second-order valence-electron chi connectivity index (χ2n) is 10.2. The third-order valence-corrected chi connectivity index (χ3v) is 9.70. The summed E-state index contributed by atoms with van der Waals surface area (Å²) in [6.45, 7) is 8.04. The van der Waals surface area contributed by atoms with E-state index in [0.29, 0.717) is 13.0 Å². The normalized spacial score (nSPS) is 35.1. The smallest absolute Gasteiger partial charge is 0.311 e. The van der Waals surface area contributed by atoms with Crippen LogP contribution in [0, 0.1) is 25.7 Å². The number of amides is 2. The van der Waals surface area contributed by atoms with Gasteiger partial charge in [0.05, 0.1) is 35.8 Å². The Morgan fingerprint density at radius 3 is 2.51 bits per heavy atom. The monoisotopic (exact) mass is 496 g/mol. The van der Waals surface area contributed by atoms with E-state index in [-0.39, 0.29) is 25.0 Å². The third kappa shape index (κ3) is 3.40. The minimum absolute atomic E-state index is 0.189. The van der Waals surface area contributed by atoms with E-state index < -0.39 is 39.4 Å². The number of hydrogen-bond acceptors (Lipinski definition) is 6. The first-order valence-electron chi connectivity index (χ1n) is 12.2. The number of benzene rings is 1. The highest BCUT2D eigenvalue weighted by Crippen LogP contribution is 2.65. The maximum absolute atomic E-state index is 14.4. The molecule has 2 amide bonds. The topological polar surface area (TPSA) is 87.2 Å². The fourth-order valence-electron chi connectivity index (χ4n) is 6.42. The van der Waals surface area contributed by atoms with Gasteiger partial charge in [-0.05, 0) is 45.2 Å². The average Bonchev–Trinajstić information content (AvgIpc) is 3.14. The quantitative estimate of drug-likeness (QED) is 0.512. The van der Waals surface area contributed by atoms with Gasteiger partial charge in [0.25, 0.3) is 5.91 Å². The predicted octanol–water partition coefficient (Wildman–Crippen LogP) is 2.78. The second-order valence-corrected chi connectivity index (χ2v) is 12.0. The number of cyclic esters (lactones) is 1. The first-order valence-corrected chi connectivity index (χ1v) is 13.0. The number of aryl methyl sites for hydroxylation is 2. The molecule has 8 heteroatoms. The van der Waals surface area contributed by atoms with Crippen LogP contribution in [0.5, 0.6) is 0 Å². The SMILES string of the molecule is Cc1cccc(C)c1N1CC=C[C@]23S[C@@]4(C)C=CCCOC(=O)[C@H]4[C@H]2C(=O)N([C@H](C)CO)C3C1=O. The van der Waals surface area contributed by atoms with Crippen molar-refractivity contribution in [3.05, 3.63) is 53.6 Å². The van der Waals surface area contributed by atoms with Gasteiger partial charge in [0, 0.05) is 17.0 Å². The van der Waals surface area contributed by atoms with Gasteiger partial charge in [-0.1, -0.05) is 42.5 Å². The predicted molar refractivity (Wildman–Crippen MR) is 135 cm³/mol. The van der Waals surface area contributed by atoms with Crippen molar-refractivity contribution in [1.29, 1.82) is 0 Å². The zero-order valence-electron chi connectivity index (χ0n) is 20.6. The van der Waals surface area contributed by atoms with Crippen molar-refractivity contribution >= 4 is 35.2 Å². The highest BCUT2D eigenvalue weighted by molar-refractivity contribution is 8.02. The number of esters is 1. The van der Waals surface area contributed by atoms with E-state index in [1.54, 1.807) is 11.8 Å². The number of para-hydroxylation sites is 1. The van der Waals surface area contributed by atoms with Crippen molar-refractivity contribution < 1.29 is 24.2 Å². The molecule has 2 saturated heterocycles. The Morgan fingerprint density at radius 2 is 1.83 bits per heavy atom. The van der Waals surface area contributed by atoms with Gasteiger partial charge in [0.1, 0.15) is 6.04 Å². The fraction of sp³-hybridized carbons (Fsp3) is 0.519. The van der Waals surface area contributed by atoms with Gasteiger partial charge in [0.15, 0.2) is 0 Å². The number of thioether (sulfide) groups is 1. The molecule has 7 nitrogen and oxygen atoms in total. The molecule has 1 spiro atoms. The molecule has 0 bridgehead atoms. The molecule has 4 aliphatic rings. The minimum Gasteiger partial charge on any atom is -0.465 e. The minimum atomic E-state index is -0.948. The molecule has 0 aliphatic carbocycles. The summed E-state index contributed by atoms with van der Waals surface area (Å²) in [5.74, 6) is -2.34. The van der Waals surface area contributed by atoms with E-state index in [2.05, 4.69) is 0 Å². The van der Waals surface area contributed by atoms with E-state index in [4.69, 9.17) is 4.74 Å². The van der Waals surface area contributed by atoms with Crippen molar-refractivity contribution in [3.8, 4) is 0 Å². The molecule has 2 fully saturated rings. The number of aliphatic hydroxyl groups excluding tert-OH is 1. The van der Waals surface area contributed by atoms with E-state index in [1.807, 2.05) is 63.3 Å². The summed E-state index contributed by atoms with van der Waals surface area (Å²) >= 11 is 1.52. The molecule has 0 aromatic heterocycles. The first-order chi connectivity index (χ1) is 16.7. The van der Waals surface area contributed by atoms with Crippen LogP contribution < -0.4 is 4.90 Å². The Labute approximate surface area is 210 Å². The molecular formula is C27H32N2O5S. The van der Waals surface area contributed by atoms with Crippen molar-refractivity contribution in [3.63, 3.8) is 0 Å². The number of hydrogen-bond donors (Lipinski definition) is 1. The number of carbonyl (C=O) groups is 3. The molecule has 0 radical (unpaired) electrons. The summed E-state index contributed by atoms with van der Waals surface area (Å²) in [6, 6.07) is 4.49. The molecule has 0 saturated carbocycles. The summed E-state index contributed by atoms with van der Waals surface area (Å²) in [5.41, 5.74) is 2.79. The first kappa shape index (κ1) is 24.1. The molecule has 1 unspecified atom stereocenters. The van der Waals surface area contributed by atoms with Gasteiger partial charge < -0.3 is 19.6 Å². The van der Waals surface area contributed by atoms with Crippen molar-refractivity contribution in [2.24, 2.45) is 11.8 Å². The summed E-state index contributed by atoms with van der Waals surface area (Å²) in [7, 11) is 0. The lowest BCUT2D eigenvalue weighted by Crippen LogP contribution is -2.56. The van der Waals surface area contributed by atoms with E-state index in [0.717, 1.165) is 16.8 Å². The van der Waals surface area contributed by atoms with Crippen LogP contribution >= 0.6 is 11.8 Å². The number of fused-ring (bicyclic) bond motifs is 2. The zero-order valence-corrected chi connectivity index (χ0v) is 21.4. The van der Waals surface area contributed by atoms with Crippen molar-refractivity contribution in [2.45, 2.75) is 55.7 Å². The third-order valence-electron chi connectivity index (χ3n) is 7.91. The fourth-order valence-corrected chi connectivity index (χ4v) is 8.56. The van der Waals surface area contributed by atoms with Crippen LogP contribution in [0.15, 0.2) is 42.5 Å². The molecular weight excluding hydrogens is 464 g/mol. The summed E-state index contributed by atoms with van der Waals surface area (Å²) in [6.07, 6.45) is 8.58. The molecule has 1 N–H and O–H groups in total. The molecule has 6 atom stereocenters. The lowest BCUT2D eigenvalue weighted by Gasteiger charge is -2.39. The molecule has 1 aromatic rings. The maximum atomic E-state index is 14.4. The van der Waals surface area contributed by atoms with Crippen LogP contribution in [0.25, 0.3) is 0 Å². The second kappa shape index (κ2) is 8.52. The Balaban J connectivity index is 1.70. The van der Waals surface area contributed by atoms with Gasteiger partial charge in [-0.3, -0.25) is 14.4 Å². The van der Waals surface area contributed by atoms with Crippen LogP contribution in [0.4, 0.5) is 5.69 Å². The molecule has 35 heavy (non-hydrogen) atoms. The molecule has 1 aromatic carbocycles. The highest BCUT2D eigenvalue weighted by atomic mass is 32.2. The standard InChI is InChI=1S/C27H32N2O5S/c1-16-9-7-10-17(2)21(16)28-13-8-12-27-19(23(31)29(18(3)15-30)22(27)24(28)32)20-25(33)34-14-6-5-11-26(20,4)35-27/h5,7-12,18-20,22,30H,6,13-15H2,1-4H3/t18-,19+,20-,22?,26+,27+/m1/s1. The number of aliphatic hydroxyl groups is 1. The molecule has 4 aliphatic heterocycles. The lowest BCUT2D eigenvalue weighted by molar-refractivity contribution is -0.154. The van der Waals surface area contributed by atoms with E-state index in [9.17, 15) is 19.5 Å². The summed E-state index contributed by atoms with van der Waals surface area (Å²) in [4.78, 5) is 45.1. The lowest BCUT2D eigenvalue weighted by atomic mass is 9.74.